The summed E-state index contributed by atoms with van der Waals surface area (Å²) in [5, 5.41) is 0.976. The molecule has 0 bridgehead atoms. The lowest BCUT2D eigenvalue weighted by molar-refractivity contribution is 0.0389. The van der Waals surface area contributed by atoms with Crippen molar-refractivity contribution in [1.82, 2.24) is 0 Å². The van der Waals surface area contributed by atoms with Crippen LogP contribution in [0.5, 0.6) is 0 Å². The van der Waals surface area contributed by atoms with Crippen LogP contribution in [0.4, 0.5) is 0 Å². The van der Waals surface area contributed by atoms with E-state index in [1.807, 2.05) is 0 Å². The van der Waals surface area contributed by atoms with Gasteiger partial charge in [0, 0.05) is 5.33 Å². The lowest BCUT2D eigenvalue weighted by atomic mass is 9.98. The molecule has 0 saturated heterocycles. The molecule has 0 amide bonds. The smallest absolute Gasteiger partial charge is 0.0575 e. The van der Waals surface area contributed by atoms with Crippen LogP contribution in [0, 0.1) is 0 Å². The van der Waals surface area contributed by atoms with Gasteiger partial charge in [-0.2, -0.15) is 0 Å². The predicted molar refractivity (Wildman–Crippen MR) is 46.6 cm³/mol. The molecule has 0 unspecified atom stereocenters. The third-order valence-corrected chi connectivity index (χ3v) is 2.31. The zero-order valence-electron chi connectivity index (χ0n) is 6.31. The largest absolute Gasteiger partial charge is 0.377 e. The topological polar surface area (TPSA) is 9.23 Å². The summed E-state index contributed by atoms with van der Waals surface area (Å²) in [4.78, 5) is 0. The second kappa shape index (κ2) is 5.14. The standard InChI is InChI=1S/C8H15BrO/c9-6-7-10-8-4-2-1-3-5-8/h8H,1-7H2. The molecular formula is C8H15BrO. The number of hydrogen-bond acceptors (Lipinski definition) is 1. The van der Waals surface area contributed by atoms with Gasteiger partial charge in [-0.05, 0) is 12.8 Å². The van der Waals surface area contributed by atoms with E-state index in [0.717, 1.165) is 11.9 Å². The van der Waals surface area contributed by atoms with E-state index in [4.69, 9.17) is 4.74 Å². The second-order valence-corrected chi connectivity index (χ2v) is 3.61. The first-order valence-corrected chi connectivity index (χ1v) is 5.23. The molecule has 0 atom stereocenters. The van der Waals surface area contributed by atoms with Gasteiger partial charge < -0.3 is 4.74 Å². The average Bonchev–Trinajstić information content (AvgIpc) is 2.03. The third-order valence-electron chi connectivity index (χ3n) is 1.98. The Kier molecular flexibility index (Phi) is 4.39. The maximum absolute atomic E-state index is 5.59. The molecule has 1 rings (SSSR count). The van der Waals surface area contributed by atoms with Crippen LogP contribution < -0.4 is 0 Å². The van der Waals surface area contributed by atoms with Gasteiger partial charge in [0.05, 0.1) is 12.7 Å². The van der Waals surface area contributed by atoms with Crippen molar-refractivity contribution in [2.24, 2.45) is 0 Å². The molecule has 1 aliphatic rings. The van der Waals surface area contributed by atoms with Crippen molar-refractivity contribution in [2.45, 2.75) is 38.2 Å². The van der Waals surface area contributed by atoms with Gasteiger partial charge in [0.2, 0.25) is 0 Å². The maximum atomic E-state index is 5.59. The van der Waals surface area contributed by atoms with Gasteiger partial charge in [-0.25, -0.2) is 0 Å². The van der Waals surface area contributed by atoms with Crippen LogP contribution in [-0.4, -0.2) is 18.0 Å². The molecule has 1 saturated carbocycles. The normalized spacial score (nSPS) is 21.3. The summed E-state index contributed by atoms with van der Waals surface area (Å²) in [7, 11) is 0. The summed E-state index contributed by atoms with van der Waals surface area (Å²) in [5.41, 5.74) is 0. The number of halogens is 1. The SMILES string of the molecule is BrCCOC1CCCCC1. The van der Waals surface area contributed by atoms with Gasteiger partial charge in [0.15, 0.2) is 0 Å². The molecular weight excluding hydrogens is 192 g/mol. The molecule has 0 heterocycles. The van der Waals surface area contributed by atoms with E-state index in [0.29, 0.717) is 6.10 Å². The summed E-state index contributed by atoms with van der Waals surface area (Å²) in [6, 6.07) is 0. The van der Waals surface area contributed by atoms with Crippen LogP contribution in [0.3, 0.4) is 0 Å². The fraction of sp³-hybridized carbons (Fsp3) is 1.00. The molecule has 0 aliphatic heterocycles. The highest BCUT2D eigenvalue weighted by Crippen LogP contribution is 2.19. The van der Waals surface area contributed by atoms with E-state index in [2.05, 4.69) is 15.9 Å². The van der Waals surface area contributed by atoms with Crippen molar-refractivity contribution in [3.63, 3.8) is 0 Å². The molecule has 0 radical (unpaired) electrons. The first-order valence-electron chi connectivity index (χ1n) is 4.11. The van der Waals surface area contributed by atoms with Crippen molar-refractivity contribution in [1.29, 1.82) is 0 Å². The third kappa shape index (κ3) is 3.02. The molecule has 0 aromatic heterocycles. The zero-order chi connectivity index (χ0) is 7.23. The van der Waals surface area contributed by atoms with E-state index in [1.54, 1.807) is 0 Å². The molecule has 1 fully saturated rings. The number of rotatable bonds is 3. The lowest BCUT2D eigenvalue weighted by Gasteiger charge is -2.21. The highest BCUT2D eigenvalue weighted by Gasteiger charge is 2.12. The second-order valence-electron chi connectivity index (χ2n) is 2.82. The van der Waals surface area contributed by atoms with Gasteiger partial charge >= 0.3 is 0 Å². The Hall–Kier alpha value is 0.440. The van der Waals surface area contributed by atoms with Crippen LogP contribution >= 0.6 is 15.9 Å². The maximum Gasteiger partial charge on any atom is 0.0575 e. The van der Waals surface area contributed by atoms with Crippen LogP contribution in [0.1, 0.15) is 32.1 Å². The van der Waals surface area contributed by atoms with E-state index in [9.17, 15) is 0 Å². The predicted octanol–water partition coefficient (Wildman–Crippen LogP) is 2.73. The van der Waals surface area contributed by atoms with Gasteiger partial charge in [-0.3, -0.25) is 0 Å². The van der Waals surface area contributed by atoms with Crippen molar-refractivity contribution in [2.75, 3.05) is 11.9 Å². The number of ether oxygens (including phenoxy) is 1. The summed E-state index contributed by atoms with van der Waals surface area (Å²) in [6.45, 7) is 0.880. The van der Waals surface area contributed by atoms with Crippen LogP contribution in [0.15, 0.2) is 0 Å². The Morgan fingerprint density at radius 2 is 1.90 bits per heavy atom. The quantitative estimate of drug-likeness (QED) is 0.646. The first-order chi connectivity index (χ1) is 4.93. The van der Waals surface area contributed by atoms with Crippen LogP contribution in [0.2, 0.25) is 0 Å². The molecule has 0 spiro atoms. The Morgan fingerprint density at radius 1 is 1.20 bits per heavy atom. The van der Waals surface area contributed by atoms with Crippen LogP contribution in [0.25, 0.3) is 0 Å². The minimum absolute atomic E-state index is 0.575. The Morgan fingerprint density at radius 3 is 2.50 bits per heavy atom. The molecule has 1 nitrogen and oxygen atoms in total. The molecule has 0 aromatic carbocycles. The lowest BCUT2D eigenvalue weighted by Crippen LogP contribution is -2.17. The van der Waals surface area contributed by atoms with E-state index in [1.165, 1.54) is 32.1 Å². The van der Waals surface area contributed by atoms with E-state index < -0.39 is 0 Å². The minimum atomic E-state index is 0.575. The number of hydrogen-bond donors (Lipinski definition) is 0. The van der Waals surface area contributed by atoms with E-state index >= 15 is 0 Å². The summed E-state index contributed by atoms with van der Waals surface area (Å²) in [5.74, 6) is 0. The van der Waals surface area contributed by atoms with Crippen LogP contribution in [-0.2, 0) is 4.74 Å². The van der Waals surface area contributed by atoms with Gasteiger partial charge in [-0.15, -0.1) is 0 Å². The van der Waals surface area contributed by atoms with Crippen molar-refractivity contribution in [3.05, 3.63) is 0 Å². The molecule has 0 N–H and O–H groups in total. The molecule has 0 aromatic rings. The van der Waals surface area contributed by atoms with Crippen molar-refractivity contribution < 1.29 is 4.74 Å². The van der Waals surface area contributed by atoms with Crippen molar-refractivity contribution in [3.8, 4) is 0 Å². The van der Waals surface area contributed by atoms with Gasteiger partial charge in [0.1, 0.15) is 0 Å². The summed E-state index contributed by atoms with van der Waals surface area (Å²) in [6.07, 6.45) is 7.29. The first kappa shape index (κ1) is 8.54. The molecule has 60 valence electrons. The van der Waals surface area contributed by atoms with E-state index in [-0.39, 0.29) is 0 Å². The zero-order valence-corrected chi connectivity index (χ0v) is 7.90. The summed E-state index contributed by atoms with van der Waals surface area (Å²) >= 11 is 3.35. The average molecular weight is 207 g/mol. The molecule has 2 heteroatoms. The minimum Gasteiger partial charge on any atom is -0.377 e. The Balaban J connectivity index is 2.02. The Bertz CT molecular complexity index is 79.3. The monoisotopic (exact) mass is 206 g/mol. The fourth-order valence-corrected chi connectivity index (χ4v) is 1.63. The van der Waals surface area contributed by atoms with Gasteiger partial charge in [-0.1, -0.05) is 35.2 Å². The molecule has 10 heavy (non-hydrogen) atoms. The molecule has 1 aliphatic carbocycles. The van der Waals surface area contributed by atoms with Gasteiger partial charge in [0.25, 0.3) is 0 Å². The fourth-order valence-electron chi connectivity index (χ4n) is 1.44. The summed E-state index contributed by atoms with van der Waals surface area (Å²) < 4.78 is 5.59. The number of alkyl halides is 1. The highest BCUT2D eigenvalue weighted by atomic mass is 79.9. The Labute approximate surface area is 71.3 Å². The van der Waals surface area contributed by atoms with Crippen molar-refractivity contribution >= 4 is 15.9 Å². The highest BCUT2D eigenvalue weighted by molar-refractivity contribution is 9.09.